The van der Waals surface area contributed by atoms with E-state index >= 15 is 0 Å². The van der Waals surface area contributed by atoms with E-state index in [4.69, 9.17) is 19.8 Å². The summed E-state index contributed by atoms with van der Waals surface area (Å²) in [5.41, 5.74) is 0. The molecule has 0 spiro atoms. The lowest BCUT2D eigenvalue weighted by molar-refractivity contribution is 0.507. The molecule has 0 aliphatic heterocycles. The number of hydrogen-bond acceptors (Lipinski definition) is 3. The Morgan fingerprint density at radius 1 is 1.50 bits per heavy atom. The molecule has 0 amide bonds. The molecule has 56 valence electrons. The Morgan fingerprint density at radius 2 is 2.20 bits per heavy atom. The van der Waals surface area contributed by atoms with Crippen molar-refractivity contribution in [2.24, 2.45) is 0 Å². The normalized spacial score (nSPS) is 13.1. The summed E-state index contributed by atoms with van der Waals surface area (Å²) >= 11 is 0. The Balaban J connectivity index is 2.97. The summed E-state index contributed by atoms with van der Waals surface area (Å²) in [5, 5.41) is 0. The number of nitrogens with zero attached hydrogens (tertiary/aromatic N) is 1. The predicted octanol–water partition coefficient (Wildman–Crippen LogP) is 2.34. The fourth-order valence-electron chi connectivity index (χ4n) is 0.501. The second kappa shape index (κ2) is 2.75. The van der Waals surface area contributed by atoms with Crippen LogP contribution in [0.3, 0.4) is 0 Å². The topological polar surface area (TPSA) is 53.4 Å². The van der Waals surface area contributed by atoms with Crippen LogP contribution in [0.15, 0.2) is 29.4 Å². The zero-order valence-corrected chi connectivity index (χ0v) is 6.51. The molecule has 0 saturated heterocycles. The van der Waals surface area contributed by atoms with Crippen LogP contribution in [-0.4, -0.2) is 14.1 Å². The largest absolute Gasteiger partial charge is 0.281 e. The highest BCUT2D eigenvalue weighted by atomic mass is 35.7. The van der Waals surface area contributed by atoms with Gasteiger partial charge in [0.15, 0.2) is 0 Å². The van der Waals surface area contributed by atoms with Crippen LogP contribution in [0.5, 0.6) is 0 Å². The average Bonchev–Trinajstić information content (AvgIpc) is 1.88. The van der Waals surface area contributed by atoms with Crippen molar-refractivity contribution in [1.29, 1.82) is 0 Å². The van der Waals surface area contributed by atoms with Crippen LogP contribution in [0.25, 0.3) is 0 Å². The zero-order valence-electron chi connectivity index (χ0n) is 4.94. The molecule has 3 nitrogen and oxygen atoms in total. The summed E-state index contributed by atoms with van der Waals surface area (Å²) in [5.74, 6) is 0. The third kappa shape index (κ3) is 1.85. The van der Waals surface area contributed by atoms with E-state index in [0.717, 1.165) is 0 Å². The van der Waals surface area contributed by atoms with Crippen LogP contribution in [0, 0.1) is 0 Å². The molecule has 0 radical (unpaired) electrons. The second-order valence-electron chi connectivity index (χ2n) is 1.67. The van der Waals surface area contributed by atoms with E-state index in [1.165, 1.54) is 18.5 Å². The highest BCUT2D eigenvalue weighted by molar-refractivity contribution is 8.43. The first-order valence-corrected chi connectivity index (χ1v) is 4.86. The van der Waals surface area contributed by atoms with Crippen molar-refractivity contribution in [1.82, 2.24) is 4.98 Å². The molecule has 0 aromatic carbocycles. The van der Waals surface area contributed by atoms with Crippen LogP contribution in [0.1, 0.15) is 0 Å². The van der Waals surface area contributed by atoms with E-state index < -0.39 is 9.80 Å². The van der Waals surface area contributed by atoms with Gasteiger partial charge in [-0.05, 0) is 12.1 Å². The van der Waals surface area contributed by atoms with Crippen molar-refractivity contribution in [2.45, 2.75) is 4.90 Å². The van der Waals surface area contributed by atoms with Crippen LogP contribution in [-0.2, 0) is 0 Å². The summed E-state index contributed by atoms with van der Waals surface area (Å²) in [6.45, 7) is 0. The van der Waals surface area contributed by atoms with Gasteiger partial charge in [-0.2, -0.15) is 0 Å². The number of pyridine rings is 1. The van der Waals surface area contributed by atoms with Crippen molar-refractivity contribution >= 4 is 20.5 Å². The van der Waals surface area contributed by atoms with Gasteiger partial charge in [-0.25, -0.2) is 0 Å². The maximum Gasteiger partial charge on any atom is 0.0939 e. The van der Waals surface area contributed by atoms with Gasteiger partial charge in [-0.3, -0.25) is 14.1 Å². The van der Waals surface area contributed by atoms with Gasteiger partial charge >= 0.3 is 0 Å². The number of hydrogen-bond donors (Lipinski definition) is 2. The van der Waals surface area contributed by atoms with Crippen molar-refractivity contribution in [3.8, 4) is 0 Å². The lowest BCUT2D eigenvalue weighted by Gasteiger charge is -2.21. The van der Waals surface area contributed by atoms with E-state index in [1.807, 2.05) is 0 Å². The van der Waals surface area contributed by atoms with Gasteiger partial charge in [0.1, 0.15) is 0 Å². The Hall–Kier alpha value is -0.290. The van der Waals surface area contributed by atoms with Gasteiger partial charge in [-0.15, -0.1) is 0 Å². The third-order valence-corrected chi connectivity index (χ3v) is 2.31. The molecule has 5 heteroatoms. The highest BCUT2D eigenvalue weighted by Gasteiger charge is 2.09. The molecule has 2 N–H and O–H groups in total. The molecule has 0 bridgehead atoms. The Bertz CT molecular complexity index is 211. The fraction of sp³-hybridized carbons (Fsp3) is 0. The molecule has 0 atom stereocenters. The van der Waals surface area contributed by atoms with Crippen molar-refractivity contribution < 1.29 is 9.11 Å². The minimum absolute atomic E-state index is 0.247. The molecule has 0 aliphatic rings. The van der Waals surface area contributed by atoms with E-state index in [-0.39, 0.29) is 4.90 Å². The summed E-state index contributed by atoms with van der Waals surface area (Å²) in [6.07, 6.45) is 2.86. The lowest BCUT2D eigenvalue weighted by Crippen LogP contribution is -1.88. The van der Waals surface area contributed by atoms with Crippen molar-refractivity contribution in [3.63, 3.8) is 0 Å². The molecule has 1 heterocycles. The quantitative estimate of drug-likeness (QED) is 0.696. The highest BCUT2D eigenvalue weighted by Crippen LogP contribution is 2.52. The van der Waals surface area contributed by atoms with E-state index in [1.54, 1.807) is 6.07 Å². The molecule has 1 rings (SSSR count). The van der Waals surface area contributed by atoms with Gasteiger partial charge < -0.3 is 0 Å². The van der Waals surface area contributed by atoms with E-state index in [0.29, 0.717) is 0 Å². The first kappa shape index (κ1) is 7.81. The Morgan fingerprint density at radius 3 is 2.50 bits per heavy atom. The first-order chi connectivity index (χ1) is 4.61. The van der Waals surface area contributed by atoms with Crippen molar-refractivity contribution in [2.75, 3.05) is 0 Å². The maximum absolute atomic E-state index is 8.85. The third-order valence-electron chi connectivity index (χ3n) is 0.934. The number of aromatic nitrogens is 1. The molecule has 1 aromatic rings. The van der Waals surface area contributed by atoms with Gasteiger partial charge in [0, 0.05) is 16.9 Å². The summed E-state index contributed by atoms with van der Waals surface area (Å²) in [7, 11) is 2.12. The molecule has 1 aromatic heterocycles. The van der Waals surface area contributed by atoms with E-state index in [2.05, 4.69) is 4.98 Å². The van der Waals surface area contributed by atoms with Gasteiger partial charge in [0.25, 0.3) is 0 Å². The zero-order chi connectivity index (χ0) is 7.61. The van der Waals surface area contributed by atoms with Crippen molar-refractivity contribution in [3.05, 3.63) is 24.5 Å². The minimum atomic E-state index is -3.09. The Kier molecular flexibility index (Phi) is 2.15. The fourth-order valence-corrected chi connectivity index (χ4v) is 1.22. The molecule has 0 aliphatic carbocycles. The summed E-state index contributed by atoms with van der Waals surface area (Å²) in [4.78, 5) is 3.91. The standard InChI is InChI=1S/C5H6ClNO2S/c6-10(8,9)5-2-1-3-7-4-5/h1-4,8-9H. The maximum atomic E-state index is 8.85. The van der Waals surface area contributed by atoms with Gasteiger partial charge in [-0.1, -0.05) is 9.80 Å². The monoisotopic (exact) mass is 179 g/mol. The molecule has 0 unspecified atom stereocenters. The molecule has 10 heavy (non-hydrogen) atoms. The SMILES string of the molecule is OS(O)(Cl)c1cccnc1. The summed E-state index contributed by atoms with van der Waals surface area (Å²) in [6, 6.07) is 3.10. The van der Waals surface area contributed by atoms with E-state index in [9.17, 15) is 0 Å². The van der Waals surface area contributed by atoms with Crippen LogP contribution in [0.2, 0.25) is 0 Å². The van der Waals surface area contributed by atoms with Crippen LogP contribution < -0.4 is 0 Å². The molecule has 0 saturated carbocycles. The van der Waals surface area contributed by atoms with Crippen LogP contribution >= 0.6 is 20.5 Å². The van der Waals surface area contributed by atoms with Gasteiger partial charge in [0.2, 0.25) is 0 Å². The smallest absolute Gasteiger partial charge is 0.0939 e. The summed E-state index contributed by atoms with van der Waals surface area (Å²) < 4.78 is 17.7. The molecular formula is C5H6ClNO2S. The minimum Gasteiger partial charge on any atom is -0.281 e. The average molecular weight is 180 g/mol. The number of halogens is 1. The second-order valence-corrected chi connectivity index (χ2v) is 4.39. The van der Waals surface area contributed by atoms with Crippen LogP contribution in [0.4, 0.5) is 0 Å². The Labute approximate surface area is 64.5 Å². The number of rotatable bonds is 1. The molecule has 0 fully saturated rings. The van der Waals surface area contributed by atoms with Gasteiger partial charge in [0.05, 0.1) is 11.1 Å². The first-order valence-electron chi connectivity index (χ1n) is 2.48. The lowest BCUT2D eigenvalue weighted by atomic mass is 10.5. The predicted molar refractivity (Wildman–Crippen MR) is 41.2 cm³/mol. The molecular weight excluding hydrogens is 174 g/mol.